The van der Waals surface area contributed by atoms with Crippen molar-refractivity contribution in [3.05, 3.63) is 0 Å². The van der Waals surface area contributed by atoms with Crippen molar-refractivity contribution in [3.8, 4) is 0 Å². The molecule has 0 N–H and O–H groups in total. The van der Waals surface area contributed by atoms with Gasteiger partial charge in [0.1, 0.15) is 6.61 Å². The summed E-state index contributed by atoms with van der Waals surface area (Å²) in [6, 6.07) is 0.285. The van der Waals surface area contributed by atoms with Gasteiger partial charge in [-0.3, -0.25) is 9.59 Å². The summed E-state index contributed by atoms with van der Waals surface area (Å²) in [6.07, 6.45) is 3.43. The van der Waals surface area contributed by atoms with Crippen LogP contribution in [-0.2, 0) is 19.1 Å². The van der Waals surface area contributed by atoms with Gasteiger partial charge in [-0.25, -0.2) is 0 Å². The molecule has 2 rings (SSSR count). The Morgan fingerprint density at radius 2 is 2.06 bits per heavy atom. The Morgan fingerprint density at radius 3 is 2.65 bits per heavy atom. The van der Waals surface area contributed by atoms with Crippen LogP contribution in [0.15, 0.2) is 0 Å². The maximum absolute atomic E-state index is 11.7. The maximum atomic E-state index is 11.7. The van der Waals surface area contributed by atoms with Gasteiger partial charge >= 0.3 is 5.97 Å². The quantitative estimate of drug-likeness (QED) is 0.663. The fourth-order valence-corrected chi connectivity index (χ4v) is 2.71. The van der Waals surface area contributed by atoms with E-state index in [1.165, 1.54) is 7.11 Å². The summed E-state index contributed by atoms with van der Waals surface area (Å²) < 4.78 is 9.87. The minimum absolute atomic E-state index is 0.0207. The molecule has 0 aromatic carbocycles. The Hall–Kier alpha value is -1.10. The average Bonchev–Trinajstić information content (AvgIpc) is 2.39. The first kappa shape index (κ1) is 12.4. The van der Waals surface area contributed by atoms with Gasteiger partial charge in [0.05, 0.1) is 19.6 Å². The van der Waals surface area contributed by atoms with Gasteiger partial charge < -0.3 is 14.4 Å². The van der Waals surface area contributed by atoms with Gasteiger partial charge in [0.2, 0.25) is 5.91 Å². The number of esters is 1. The maximum Gasteiger partial charge on any atom is 0.308 e. The van der Waals surface area contributed by atoms with E-state index in [1.54, 1.807) is 0 Å². The number of methoxy groups -OCH3 is 1. The number of carbonyl (C=O) groups excluding carboxylic acids is 2. The largest absolute Gasteiger partial charge is 0.469 e. The number of ether oxygens (including phenoxy) is 2. The number of morpholine rings is 1. The van der Waals surface area contributed by atoms with E-state index < -0.39 is 0 Å². The Bertz CT molecular complexity index is 297. The molecule has 17 heavy (non-hydrogen) atoms. The monoisotopic (exact) mass is 241 g/mol. The van der Waals surface area contributed by atoms with Crippen molar-refractivity contribution in [1.29, 1.82) is 0 Å². The van der Waals surface area contributed by atoms with Crippen molar-refractivity contribution in [3.63, 3.8) is 0 Å². The van der Waals surface area contributed by atoms with Crippen molar-refractivity contribution in [2.75, 3.05) is 26.9 Å². The lowest BCUT2D eigenvalue weighted by Crippen LogP contribution is -2.49. The molecular weight excluding hydrogens is 222 g/mol. The number of amides is 1. The lowest BCUT2D eigenvalue weighted by atomic mass is 9.85. The minimum atomic E-state index is -0.114. The molecule has 1 amide bonds. The van der Waals surface area contributed by atoms with Crippen molar-refractivity contribution in [1.82, 2.24) is 4.90 Å². The third-order valence-corrected chi connectivity index (χ3v) is 3.69. The zero-order chi connectivity index (χ0) is 12.3. The molecule has 5 heteroatoms. The number of nitrogens with zero attached hydrogens (tertiary/aromatic N) is 1. The Kier molecular flexibility index (Phi) is 3.99. The summed E-state index contributed by atoms with van der Waals surface area (Å²) >= 11 is 0. The second kappa shape index (κ2) is 5.49. The van der Waals surface area contributed by atoms with Gasteiger partial charge in [0.15, 0.2) is 0 Å². The molecule has 0 atom stereocenters. The minimum Gasteiger partial charge on any atom is -0.469 e. The molecule has 2 aliphatic rings. The highest BCUT2D eigenvalue weighted by Gasteiger charge is 2.32. The molecule has 0 bridgehead atoms. The molecule has 0 unspecified atom stereocenters. The molecular formula is C12H19NO4. The third kappa shape index (κ3) is 2.77. The zero-order valence-electron chi connectivity index (χ0n) is 10.2. The van der Waals surface area contributed by atoms with E-state index in [0.29, 0.717) is 13.2 Å². The van der Waals surface area contributed by atoms with E-state index in [0.717, 1.165) is 25.7 Å². The summed E-state index contributed by atoms with van der Waals surface area (Å²) in [6.45, 7) is 1.52. The second-order valence-corrected chi connectivity index (χ2v) is 4.67. The molecule has 0 spiro atoms. The number of hydrogen-bond donors (Lipinski definition) is 0. The molecule has 0 aromatic rings. The van der Waals surface area contributed by atoms with Gasteiger partial charge in [0.25, 0.3) is 0 Å². The average molecular weight is 241 g/mol. The van der Waals surface area contributed by atoms with E-state index in [-0.39, 0.29) is 30.4 Å². The molecule has 1 aliphatic carbocycles. The summed E-state index contributed by atoms with van der Waals surface area (Å²) in [4.78, 5) is 25.0. The van der Waals surface area contributed by atoms with Crippen molar-refractivity contribution in [2.45, 2.75) is 31.7 Å². The topological polar surface area (TPSA) is 55.8 Å². The number of hydrogen-bond acceptors (Lipinski definition) is 4. The van der Waals surface area contributed by atoms with E-state index >= 15 is 0 Å². The fraction of sp³-hybridized carbons (Fsp3) is 0.833. The van der Waals surface area contributed by atoms with Gasteiger partial charge in [-0.15, -0.1) is 0 Å². The van der Waals surface area contributed by atoms with E-state index in [4.69, 9.17) is 9.47 Å². The van der Waals surface area contributed by atoms with Gasteiger partial charge in [0, 0.05) is 12.6 Å². The van der Waals surface area contributed by atoms with Crippen LogP contribution in [-0.4, -0.2) is 49.7 Å². The number of rotatable bonds is 2. The molecule has 1 saturated heterocycles. The fourth-order valence-electron chi connectivity index (χ4n) is 2.71. The van der Waals surface area contributed by atoms with Crippen LogP contribution in [0.2, 0.25) is 0 Å². The standard InChI is InChI=1S/C12H19NO4/c1-16-12(15)9-2-4-10(5-3-9)13-6-7-17-8-11(13)14/h9-10H,2-8H2,1H3. The lowest BCUT2D eigenvalue weighted by molar-refractivity contribution is -0.149. The third-order valence-electron chi connectivity index (χ3n) is 3.69. The molecule has 5 nitrogen and oxygen atoms in total. The predicted octanol–water partition coefficient (Wildman–Crippen LogP) is 0.577. The van der Waals surface area contributed by atoms with Crippen molar-refractivity contribution >= 4 is 11.9 Å². The van der Waals surface area contributed by atoms with Crippen molar-refractivity contribution in [2.24, 2.45) is 5.92 Å². The zero-order valence-corrected chi connectivity index (χ0v) is 10.2. The van der Waals surface area contributed by atoms with Crippen LogP contribution in [0.25, 0.3) is 0 Å². The Labute approximate surface area is 101 Å². The highest BCUT2D eigenvalue weighted by molar-refractivity contribution is 5.78. The number of carbonyl (C=O) groups is 2. The molecule has 2 fully saturated rings. The van der Waals surface area contributed by atoms with E-state index in [2.05, 4.69) is 0 Å². The summed E-state index contributed by atoms with van der Waals surface area (Å²) in [7, 11) is 1.43. The molecule has 0 aromatic heterocycles. The van der Waals surface area contributed by atoms with Gasteiger partial charge in [-0.2, -0.15) is 0 Å². The first-order chi connectivity index (χ1) is 8.22. The first-order valence-electron chi connectivity index (χ1n) is 6.17. The lowest BCUT2D eigenvalue weighted by Gasteiger charge is -2.38. The van der Waals surface area contributed by atoms with Crippen LogP contribution in [0.5, 0.6) is 0 Å². The van der Waals surface area contributed by atoms with Gasteiger partial charge in [-0.05, 0) is 25.7 Å². The van der Waals surface area contributed by atoms with Crippen molar-refractivity contribution < 1.29 is 19.1 Å². The summed E-state index contributed by atoms with van der Waals surface area (Å²) in [5.74, 6) is -0.0121. The van der Waals surface area contributed by atoms with E-state index in [9.17, 15) is 9.59 Å². The first-order valence-corrected chi connectivity index (χ1v) is 6.17. The van der Waals surface area contributed by atoms with Crippen LogP contribution >= 0.6 is 0 Å². The smallest absolute Gasteiger partial charge is 0.308 e. The normalized spacial score (nSPS) is 30.2. The Balaban J connectivity index is 1.86. The highest BCUT2D eigenvalue weighted by atomic mass is 16.5. The molecule has 1 heterocycles. The molecule has 1 aliphatic heterocycles. The van der Waals surface area contributed by atoms with E-state index in [1.807, 2.05) is 4.90 Å². The van der Waals surface area contributed by atoms with Crippen LogP contribution < -0.4 is 0 Å². The molecule has 1 saturated carbocycles. The highest BCUT2D eigenvalue weighted by Crippen LogP contribution is 2.28. The second-order valence-electron chi connectivity index (χ2n) is 4.67. The van der Waals surface area contributed by atoms with Gasteiger partial charge in [-0.1, -0.05) is 0 Å². The van der Waals surface area contributed by atoms with Crippen LogP contribution in [0.3, 0.4) is 0 Å². The summed E-state index contributed by atoms with van der Waals surface area (Å²) in [5, 5.41) is 0. The van der Waals surface area contributed by atoms with Crippen LogP contribution in [0, 0.1) is 5.92 Å². The SMILES string of the molecule is COC(=O)C1CCC(N2CCOCC2=O)CC1. The molecule has 96 valence electrons. The van der Waals surface area contributed by atoms with Crippen LogP contribution in [0.4, 0.5) is 0 Å². The summed E-state index contributed by atoms with van der Waals surface area (Å²) in [5.41, 5.74) is 0. The predicted molar refractivity (Wildman–Crippen MR) is 60.3 cm³/mol. The molecule has 0 radical (unpaired) electrons. The Morgan fingerprint density at radius 1 is 1.35 bits per heavy atom. The van der Waals surface area contributed by atoms with Crippen LogP contribution in [0.1, 0.15) is 25.7 Å².